The highest BCUT2D eigenvalue weighted by Crippen LogP contribution is 2.26. The van der Waals surface area contributed by atoms with Gasteiger partial charge in [0.05, 0.1) is 0 Å². The van der Waals surface area contributed by atoms with Crippen molar-refractivity contribution < 1.29 is 9.59 Å². The van der Waals surface area contributed by atoms with Crippen molar-refractivity contribution >= 4 is 40.4 Å². The van der Waals surface area contributed by atoms with Crippen LogP contribution in [0, 0.1) is 6.92 Å². The first-order chi connectivity index (χ1) is 9.94. The van der Waals surface area contributed by atoms with Gasteiger partial charge in [0.2, 0.25) is 5.91 Å². The van der Waals surface area contributed by atoms with Crippen molar-refractivity contribution in [3.8, 4) is 0 Å². The Kier molecular flexibility index (Phi) is 4.59. The standard InChI is InChI=1S/C13H15N5O2S/c1-7-3-2-4-8(5-7)16-10(19)6-9-11(20)17-13(21-9)18-12(14)15/h2-5,9H,6H2,1H3,(H,16,19)(H4,14,15,17,18,20). The van der Waals surface area contributed by atoms with Crippen molar-refractivity contribution in [3.05, 3.63) is 29.8 Å². The van der Waals surface area contributed by atoms with E-state index in [9.17, 15) is 9.59 Å². The first-order valence-corrected chi connectivity index (χ1v) is 7.07. The number of guanidine groups is 1. The number of aryl methyl sites for hydroxylation is 1. The van der Waals surface area contributed by atoms with Crippen molar-refractivity contribution in [1.29, 1.82) is 0 Å². The maximum atomic E-state index is 11.9. The molecule has 0 spiro atoms. The van der Waals surface area contributed by atoms with Gasteiger partial charge in [-0.25, -0.2) is 0 Å². The molecule has 1 aromatic rings. The molecule has 110 valence electrons. The van der Waals surface area contributed by atoms with Gasteiger partial charge in [-0.1, -0.05) is 23.9 Å². The molecule has 1 aromatic carbocycles. The van der Waals surface area contributed by atoms with Gasteiger partial charge in [0, 0.05) is 12.1 Å². The van der Waals surface area contributed by atoms with Crippen LogP contribution in [-0.4, -0.2) is 28.2 Å². The minimum absolute atomic E-state index is 0.0183. The fourth-order valence-corrected chi connectivity index (χ4v) is 2.71. The highest BCUT2D eigenvalue weighted by Gasteiger charge is 2.30. The molecule has 1 unspecified atom stereocenters. The lowest BCUT2D eigenvalue weighted by Gasteiger charge is -2.08. The summed E-state index contributed by atoms with van der Waals surface area (Å²) >= 11 is 1.08. The van der Waals surface area contributed by atoms with E-state index in [1.807, 2.05) is 25.1 Å². The molecule has 1 heterocycles. The van der Waals surface area contributed by atoms with Gasteiger partial charge < -0.3 is 16.8 Å². The molecule has 0 saturated heterocycles. The number of benzene rings is 1. The summed E-state index contributed by atoms with van der Waals surface area (Å²) in [5.41, 5.74) is 12.2. The van der Waals surface area contributed by atoms with Crippen LogP contribution in [0.5, 0.6) is 0 Å². The number of rotatable bonds is 3. The molecule has 21 heavy (non-hydrogen) atoms. The van der Waals surface area contributed by atoms with Gasteiger partial charge in [-0.05, 0) is 24.6 Å². The molecule has 0 aromatic heterocycles. The molecule has 5 N–H and O–H groups in total. The molecule has 1 atom stereocenters. The van der Waals surface area contributed by atoms with Gasteiger partial charge in [-0.15, -0.1) is 0 Å². The van der Waals surface area contributed by atoms with Crippen LogP contribution in [0.25, 0.3) is 0 Å². The smallest absolute Gasteiger partial charge is 0.262 e. The van der Waals surface area contributed by atoms with Crippen LogP contribution in [0.4, 0.5) is 5.69 Å². The van der Waals surface area contributed by atoms with Crippen molar-refractivity contribution in [2.75, 3.05) is 5.32 Å². The van der Waals surface area contributed by atoms with Crippen molar-refractivity contribution in [2.45, 2.75) is 18.6 Å². The number of thioether (sulfide) groups is 1. The van der Waals surface area contributed by atoms with Crippen LogP contribution >= 0.6 is 11.8 Å². The highest BCUT2D eigenvalue weighted by atomic mass is 32.2. The average Bonchev–Trinajstić information content (AvgIpc) is 2.68. The van der Waals surface area contributed by atoms with Crippen LogP contribution in [-0.2, 0) is 9.59 Å². The lowest BCUT2D eigenvalue weighted by atomic mass is 10.2. The zero-order valence-corrected chi connectivity index (χ0v) is 12.2. The Bertz CT molecular complexity index is 637. The van der Waals surface area contributed by atoms with E-state index in [1.165, 1.54) is 0 Å². The Balaban J connectivity index is 1.93. The Morgan fingerprint density at radius 2 is 2.24 bits per heavy atom. The molecule has 0 bridgehead atoms. The molecule has 0 fully saturated rings. The van der Waals surface area contributed by atoms with Gasteiger partial charge in [-0.2, -0.15) is 9.98 Å². The summed E-state index contributed by atoms with van der Waals surface area (Å²) in [6, 6.07) is 7.42. The Hall–Kier alpha value is -2.35. The van der Waals surface area contributed by atoms with E-state index in [4.69, 9.17) is 11.5 Å². The summed E-state index contributed by atoms with van der Waals surface area (Å²) in [4.78, 5) is 31.0. The molecular formula is C13H15N5O2S. The molecule has 7 nitrogen and oxygen atoms in total. The van der Waals surface area contributed by atoms with Crippen molar-refractivity contribution in [1.82, 2.24) is 0 Å². The third-order valence-corrected chi connectivity index (χ3v) is 3.67. The number of anilines is 1. The maximum Gasteiger partial charge on any atom is 0.262 e. The van der Waals surface area contributed by atoms with Crippen LogP contribution in [0.1, 0.15) is 12.0 Å². The normalized spacial score (nSPS) is 17.3. The second kappa shape index (κ2) is 6.40. The number of amidine groups is 1. The fourth-order valence-electron chi connectivity index (χ4n) is 1.76. The number of aliphatic imine (C=N–C) groups is 2. The van der Waals surface area contributed by atoms with E-state index in [0.29, 0.717) is 5.69 Å². The maximum absolute atomic E-state index is 11.9. The molecule has 1 aliphatic rings. The third kappa shape index (κ3) is 4.32. The number of carbonyl (C=O) groups is 2. The third-order valence-electron chi connectivity index (χ3n) is 2.63. The van der Waals surface area contributed by atoms with Gasteiger partial charge >= 0.3 is 0 Å². The zero-order chi connectivity index (χ0) is 15.4. The van der Waals surface area contributed by atoms with Crippen LogP contribution in [0.15, 0.2) is 34.3 Å². The Labute approximate surface area is 125 Å². The average molecular weight is 305 g/mol. The molecule has 0 saturated carbocycles. The number of nitrogens with two attached hydrogens (primary N) is 2. The van der Waals surface area contributed by atoms with E-state index in [0.717, 1.165) is 17.3 Å². The van der Waals surface area contributed by atoms with Crippen LogP contribution in [0.2, 0.25) is 0 Å². The molecule has 0 radical (unpaired) electrons. The van der Waals surface area contributed by atoms with E-state index in [2.05, 4.69) is 15.3 Å². The van der Waals surface area contributed by atoms with E-state index in [1.54, 1.807) is 6.07 Å². The Morgan fingerprint density at radius 3 is 2.90 bits per heavy atom. The summed E-state index contributed by atoms with van der Waals surface area (Å²) in [5.74, 6) is -0.828. The molecule has 0 aliphatic carbocycles. The van der Waals surface area contributed by atoms with Gasteiger partial charge in [0.25, 0.3) is 5.91 Å². The Morgan fingerprint density at radius 1 is 1.48 bits per heavy atom. The topological polar surface area (TPSA) is 123 Å². The summed E-state index contributed by atoms with van der Waals surface area (Å²) < 4.78 is 0. The number of hydrogen-bond acceptors (Lipinski definition) is 4. The monoisotopic (exact) mass is 305 g/mol. The number of nitrogens with one attached hydrogen (secondary N) is 1. The minimum atomic E-state index is -0.590. The lowest BCUT2D eigenvalue weighted by Crippen LogP contribution is -2.23. The quantitative estimate of drug-likeness (QED) is 0.557. The van der Waals surface area contributed by atoms with E-state index >= 15 is 0 Å². The number of nitrogens with zero attached hydrogens (tertiary/aromatic N) is 2. The predicted molar refractivity (Wildman–Crippen MR) is 84.1 cm³/mol. The summed E-state index contributed by atoms with van der Waals surface area (Å²) in [6.07, 6.45) is 0.0183. The first-order valence-electron chi connectivity index (χ1n) is 6.19. The molecule has 2 rings (SSSR count). The lowest BCUT2D eigenvalue weighted by molar-refractivity contribution is -0.121. The molecule has 1 aliphatic heterocycles. The number of hydrogen-bond donors (Lipinski definition) is 3. The van der Waals surface area contributed by atoms with Crippen molar-refractivity contribution in [2.24, 2.45) is 21.5 Å². The molecule has 2 amide bonds. The molecular weight excluding hydrogens is 290 g/mol. The van der Waals surface area contributed by atoms with Gasteiger partial charge in [0.1, 0.15) is 5.25 Å². The fraction of sp³-hybridized carbons (Fsp3) is 0.231. The predicted octanol–water partition coefficient (Wildman–Crippen LogP) is 0.595. The SMILES string of the molecule is Cc1cccc(NC(=O)CC2SC(N=C(N)N)=NC2=O)c1. The van der Waals surface area contributed by atoms with Gasteiger partial charge in [-0.3, -0.25) is 9.59 Å². The first kappa shape index (κ1) is 15.0. The highest BCUT2D eigenvalue weighted by molar-refractivity contribution is 8.15. The van der Waals surface area contributed by atoms with Crippen molar-refractivity contribution in [3.63, 3.8) is 0 Å². The second-order valence-corrected chi connectivity index (χ2v) is 5.67. The van der Waals surface area contributed by atoms with Crippen LogP contribution in [0.3, 0.4) is 0 Å². The number of carbonyl (C=O) groups excluding carboxylic acids is 2. The number of amides is 2. The largest absolute Gasteiger partial charge is 0.370 e. The molecule has 8 heteroatoms. The van der Waals surface area contributed by atoms with Crippen LogP contribution < -0.4 is 16.8 Å². The second-order valence-electron chi connectivity index (χ2n) is 4.50. The summed E-state index contributed by atoms with van der Waals surface area (Å²) in [7, 11) is 0. The zero-order valence-electron chi connectivity index (χ0n) is 11.4. The van der Waals surface area contributed by atoms with E-state index < -0.39 is 11.2 Å². The van der Waals surface area contributed by atoms with E-state index in [-0.39, 0.29) is 23.5 Å². The summed E-state index contributed by atoms with van der Waals surface area (Å²) in [6.45, 7) is 1.93. The van der Waals surface area contributed by atoms with Gasteiger partial charge in [0.15, 0.2) is 11.1 Å². The minimum Gasteiger partial charge on any atom is -0.370 e. The summed E-state index contributed by atoms with van der Waals surface area (Å²) in [5, 5.41) is 2.34.